The van der Waals surface area contributed by atoms with Crippen LogP contribution in [0, 0.1) is 5.92 Å². The first-order chi connectivity index (χ1) is 9.10. The Hall–Kier alpha value is -1.88. The van der Waals surface area contributed by atoms with Crippen LogP contribution in [0.4, 0.5) is 0 Å². The third-order valence-electron chi connectivity index (χ3n) is 3.32. The summed E-state index contributed by atoms with van der Waals surface area (Å²) < 4.78 is 0. The zero-order chi connectivity index (χ0) is 13.8. The number of carbonyl (C=O) groups is 2. The maximum atomic E-state index is 11.7. The van der Waals surface area contributed by atoms with E-state index in [1.54, 1.807) is 29.7 Å². The molecular formula is C14H18N2O3. The van der Waals surface area contributed by atoms with Gasteiger partial charge in [-0.15, -0.1) is 0 Å². The summed E-state index contributed by atoms with van der Waals surface area (Å²) in [6.45, 7) is 1.91. The highest BCUT2D eigenvalue weighted by Gasteiger charge is 2.24. The molecule has 5 nitrogen and oxygen atoms in total. The van der Waals surface area contributed by atoms with Gasteiger partial charge < -0.3 is 5.32 Å². The number of amides is 2. The highest BCUT2D eigenvalue weighted by atomic mass is 16.5. The van der Waals surface area contributed by atoms with Crippen molar-refractivity contribution < 1.29 is 14.8 Å². The minimum absolute atomic E-state index is 0.0761. The first kappa shape index (κ1) is 13.5. The molecule has 102 valence electrons. The lowest BCUT2D eigenvalue weighted by Crippen LogP contribution is -2.26. The molecule has 1 unspecified atom stereocenters. The first-order valence-corrected chi connectivity index (χ1v) is 6.44. The Bertz CT molecular complexity index is 466. The van der Waals surface area contributed by atoms with Crippen LogP contribution in [0.15, 0.2) is 24.3 Å². The monoisotopic (exact) mass is 262 g/mol. The van der Waals surface area contributed by atoms with Crippen LogP contribution in [0.25, 0.3) is 0 Å². The number of benzene rings is 1. The molecule has 1 atom stereocenters. The fourth-order valence-electron chi connectivity index (χ4n) is 1.96. The quantitative estimate of drug-likeness (QED) is 0.559. The molecule has 0 heterocycles. The number of hydrogen-bond donors (Lipinski definition) is 3. The fraction of sp³-hybridized carbons (Fsp3) is 0.429. The SMILES string of the molecule is CC(NC(=O)CC1CC1)c1ccc(C(=O)NO)cc1. The van der Waals surface area contributed by atoms with Crippen LogP contribution in [-0.2, 0) is 4.79 Å². The molecule has 0 saturated heterocycles. The lowest BCUT2D eigenvalue weighted by Gasteiger charge is -2.14. The number of nitrogens with one attached hydrogen (secondary N) is 2. The summed E-state index contributed by atoms with van der Waals surface area (Å²) in [7, 11) is 0. The van der Waals surface area contributed by atoms with E-state index in [2.05, 4.69) is 5.32 Å². The summed E-state index contributed by atoms with van der Waals surface area (Å²) in [5.41, 5.74) is 2.89. The molecule has 0 bridgehead atoms. The lowest BCUT2D eigenvalue weighted by atomic mass is 10.1. The molecule has 0 radical (unpaired) electrons. The van der Waals surface area contributed by atoms with E-state index in [-0.39, 0.29) is 11.9 Å². The van der Waals surface area contributed by atoms with E-state index >= 15 is 0 Å². The predicted molar refractivity (Wildman–Crippen MR) is 69.6 cm³/mol. The maximum Gasteiger partial charge on any atom is 0.274 e. The molecule has 1 aliphatic rings. The summed E-state index contributed by atoms with van der Waals surface area (Å²) in [6.07, 6.45) is 2.93. The van der Waals surface area contributed by atoms with Crippen LogP contribution in [0.1, 0.15) is 48.1 Å². The van der Waals surface area contributed by atoms with Crippen LogP contribution < -0.4 is 10.8 Å². The van der Waals surface area contributed by atoms with E-state index in [0.29, 0.717) is 17.9 Å². The van der Waals surface area contributed by atoms with Crippen molar-refractivity contribution in [2.75, 3.05) is 0 Å². The van der Waals surface area contributed by atoms with Gasteiger partial charge in [-0.2, -0.15) is 0 Å². The van der Waals surface area contributed by atoms with Gasteiger partial charge in [-0.3, -0.25) is 14.8 Å². The van der Waals surface area contributed by atoms with Crippen molar-refractivity contribution in [1.82, 2.24) is 10.8 Å². The molecule has 0 aliphatic heterocycles. The maximum absolute atomic E-state index is 11.7. The van der Waals surface area contributed by atoms with E-state index in [1.165, 1.54) is 0 Å². The highest BCUT2D eigenvalue weighted by molar-refractivity contribution is 5.93. The Kier molecular flexibility index (Phi) is 4.16. The van der Waals surface area contributed by atoms with Crippen molar-refractivity contribution in [2.24, 2.45) is 5.92 Å². The number of hydroxylamine groups is 1. The molecule has 3 N–H and O–H groups in total. The zero-order valence-corrected chi connectivity index (χ0v) is 10.8. The zero-order valence-electron chi connectivity index (χ0n) is 10.8. The van der Waals surface area contributed by atoms with Gasteiger partial charge in [0, 0.05) is 12.0 Å². The van der Waals surface area contributed by atoms with E-state index in [4.69, 9.17) is 5.21 Å². The largest absolute Gasteiger partial charge is 0.350 e. The Balaban J connectivity index is 1.92. The number of rotatable bonds is 5. The second kappa shape index (κ2) is 5.84. The molecule has 5 heteroatoms. The van der Waals surface area contributed by atoms with Crippen molar-refractivity contribution in [3.63, 3.8) is 0 Å². The van der Waals surface area contributed by atoms with E-state index < -0.39 is 5.91 Å². The van der Waals surface area contributed by atoms with Crippen molar-refractivity contribution in [2.45, 2.75) is 32.2 Å². The Morgan fingerprint density at radius 1 is 1.32 bits per heavy atom. The van der Waals surface area contributed by atoms with Crippen molar-refractivity contribution in [1.29, 1.82) is 0 Å². The summed E-state index contributed by atoms with van der Waals surface area (Å²) in [4.78, 5) is 22.9. The lowest BCUT2D eigenvalue weighted by molar-refractivity contribution is -0.122. The summed E-state index contributed by atoms with van der Waals surface area (Å²) >= 11 is 0. The summed E-state index contributed by atoms with van der Waals surface area (Å²) in [6, 6.07) is 6.69. The fourth-order valence-corrected chi connectivity index (χ4v) is 1.96. The molecule has 1 fully saturated rings. The van der Waals surface area contributed by atoms with Crippen molar-refractivity contribution in [3.8, 4) is 0 Å². The Labute approximate surface area is 112 Å². The van der Waals surface area contributed by atoms with Gasteiger partial charge in [0.15, 0.2) is 0 Å². The van der Waals surface area contributed by atoms with Gasteiger partial charge in [0.25, 0.3) is 5.91 Å². The van der Waals surface area contributed by atoms with E-state index in [9.17, 15) is 9.59 Å². The molecule has 19 heavy (non-hydrogen) atoms. The standard InChI is InChI=1S/C14H18N2O3/c1-9(15-13(17)8-10-2-3-10)11-4-6-12(7-5-11)14(18)16-19/h4-7,9-10,19H,2-3,8H2,1H3,(H,15,17)(H,16,18). The minimum Gasteiger partial charge on any atom is -0.350 e. The minimum atomic E-state index is -0.544. The van der Waals surface area contributed by atoms with Gasteiger partial charge in [-0.1, -0.05) is 12.1 Å². The molecule has 0 spiro atoms. The second-order valence-electron chi connectivity index (χ2n) is 5.00. The average Bonchev–Trinajstić information content (AvgIpc) is 3.21. The first-order valence-electron chi connectivity index (χ1n) is 6.44. The summed E-state index contributed by atoms with van der Waals surface area (Å²) in [5, 5.41) is 11.5. The van der Waals surface area contributed by atoms with Crippen LogP contribution in [-0.4, -0.2) is 17.0 Å². The van der Waals surface area contributed by atoms with Crippen LogP contribution in [0.3, 0.4) is 0 Å². The molecule has 2 rings (SSSR count). The van der Waals surface area contributed by atoms with Crippen LogP contribution >= 0.6 is 0 Å². The van der Waals surface area contributed by atoms with Gasteiger partial charge in [0.05, 0.1) is 6.04 Å². The van der Waals surface area contributed by atoms with Gasteiger partial charge in [-0.05, 0) is 43.4 Å². The van der Waals surface area contributed by atoms with E-state index in [1.807, 2.05) is 6.92 Å². The molecule has 0 aromatic heterocycles. The molecule has 1 aromatic carbocycles. The molecular weight excluding hydrogens is 244 g/mol. The van der Waals surface area contributed by atoms with Gasteiger partial charge >= 0.3 is 0 Å². The molecule has 2 amide bonds. The van der Waals surface area contributed by atoms with Crippen LogP contribution in [0.5, 0.6) is 0 Å². The van der Waals surface area contributed by atoms with E-state index in [0.717, 1.165) is 18.4 Å². The van der Waals surface area contributed by atoms with Crippen LogP contribution in [0.2, 0.25) is 0 Å². The Morgan fingerprint density at radius 2 is 1.95 bits per heavy atom. The van der Waals surface area contributed by atoms with Gasteiger partial charge in [0.1, 0.15) is 0 Å². The van der Waals surface area contributed by atoms with Crippen molar-refractivity contribution in [3.05, 3.63) is 35.4 Å². The topological polar surface area (TPSA) is 78.4 Å². The third-order valence-corrected chi connectivity index (χ3v) is 3.32. The number of carbonyl (C=O) groups excluding carboxylic acids is 2. The normalized spacial score (nSPS) is 15.7. The highest BCUT2D eigenvalue weighted by Crippen LogP contribution is 2.32. The van der Waals surface area contributed by atoms with Crippen molar-refractivity contribution >= 4 is 11.8 Å². The van der Waals surface area contributed by atoms with Gasteiger partial charge in [0.2, 0.25) is 5.91 Å². The average molecular weight is 262 g/mol. The smallest absolute Gasteiger partial charge is 0.274 e. The third kappa shape index (κ3) is 3.79. The molecule has 1 saturated carbocycles. The van der Waals surface area contributed by atoms with Gasteiger partial charge in [-0.25, -0.2) is 5.48 Å². The number of hydrogen-bond acceptors (Lipinski definition) is 3. The predicted octanol–water partition coefficient (Wildman–Crippen LogP) is 1.78. The molecule has 1 aromatic rings. The summed E-state index contributed by atoms with van der Waals surface area (Å²) in [5.74, 6) is 0.104. The Morgan fingerprint density at radius 3 is 2.47 bits per heavy atom. The molecule has 1 aliphatic carbocycles. The second-order valence-corrected chi connectivity index (χ2v) is 5.00.